The minimum atomic E-state index is 0.603. The average molecular weight is 306 g/mol. The second-order valence-electron chi connectivity index (χ2n) is 4.70. The van der Waals surface area contributed by atoms with Crippen molar-refractivity contribution < 1.29 is 9.47 Å². The van der Waals surface area contributed by atoms with Crippen LogP contribution in [-0.2, 0) is 6.54 Å². The van der Waals surface area contributed by atoms with E-state index in [9.17, 15) is 0 Å². The van der Waals surface area contributed by atoms with Gasteiger partial charge in [-0.3, -0.25) is 0 Å². The molecule has 112 valence electrons. The van der Waals surface area contributed by atoms with Gasteiger partial charge in [-0.2, -0.15) is 0 Å². The van der Waals surface area contributed by atoms with Crippen LogP contribution >= 0.6 is 11.6 Å². The molecule has 0 spiro atoms. The molecular weight excluding hydrogens is 286 g/mol. The smallest absolute Gasteiger partial charge is 0.137 e. The van der Waals surface area contributed by atoms with E-state index in [1.807, 2.05) is 30.3 Å². The molecule has 21 heavy (non-hydrogen) atoms. The fourth-order valence-electron chi connectivity index (χ4n) is 1.90. The lowest BCUT2D eigenvalue weighted by Gasteiger charge is -2.10. The number of anilines is 1. The number of nitrogens with one attached hydrogen (secondary N) is 1. The van der Waals surface area contributed by atoms with Gasteiger partial charge < -0.3 is 14.8 Å². The van der Waals surface area contributed by atoms with Crippen molar-refractivity contribution in [1.82, 2.24) is 0 Å². The second-order valence-corrected chi connectivity index (χ2v) is 5.10. The number of hydrogen-bond donors (Lipinski definition) is 1. The Morgan fingerprint density at radius 3 is 2.48 bits per heavy atom. The van der Waals surface area contributed by atoms with Gasteiger partial charge in [-0.1, -0.05) is 30.7 Å². The predicted molar refractivity (Wildman–Crippen MR) is 87.6 cm³/mol. The first-order valence-electron chi connectivity index (χ1n) is 7.02. The number of halogens is 1. The zero-order valence-electron chi connectivity index (χ0n) is 12.4. The van der Waals surface area contributed by atoms with Crippen LogP contribution in [0.3, 0.4) is 0 Å². The van der Waals surface area contributed by atoms with Gasteiger partial charge in [-0.15, -0.1) is 0 Å². The Kier molecular flexibility index (Phi) is 5.76. The van der Waals surface area contributed by atoms with Crippen molar-refractivity contribution in [3.63, 3.8) is 0 Å². The average Bonchev–Trinajstić information content (AvgIpc) is 2.52. The van der Waals surface area contributed by atoms with E-state index in [-0.39, 0.29) is 0 Å². The normalized spacial score (nSPS) is 10.2. The van der Waals surface area contributed by atoms with E-state index < -0.39 is 0 Å². The minimum Gasteiger partial charge on any atom is -0.495 e. The van der Waals surface area contributed by atoms with Crippen LogP contribution in [0.1, 0.15) is 18.9 Å². The molecule has 0 aliphatic carbocycles. The first-order valence-corrected chi connectivity index (χ1v) is 7.40. The number of ether oxygens (including phenoxy) is 2. The van der Waals surface area contributed by atoms with E-state index in [0.29, 0.717) is 10.8 Å². The Morgan fingerprint density at radius 2 is 1.86 bits per heavy atom. The highest BCUT2D eigenvalue weighted by atomic mass is 35.5. The van der Waals surface area contributed by atoms with Crippen molar-refractivity contribution in [2.45, 2.75) is 19.9 Å². The highest BCUT2D eigenvalue weighted by Gasteiger charge is 2.02. The summed E-state index contributed by atoms with van der Waals surface area (Å²) >= 11 is 6.10. The zero-order valence-corrected chi connectivity index (χ0v) is 13.1. The highest BCUT2D eigenvalue weighted by molar-refractivity contribution is 6.32. The van der Waals surface area contributed by atoms with Crippen LogP contribution in [0.15, 0.2) is 42.5 Å². The van der Waals surface area contributed by atoms with Crippen molar-refractivity contribution in [2.75, 3.05) is 19.0 Å². The van der Waals surface area contributed by atoms with Gasteiger partial charge in [0.05, 0.1) is 18.7 Å². The molecule has 0 unspecified atom stereocenters. The molecule has 0 saturated carbocycles. The molecule has 4 heteroatoms. The van der Waals surface area contributed by atoms with Crippen molar-refractivity contribution in [3.8, 4) is 11.5 Å². The van der Waals surface area contributed by atoms with Gasteiger partial charge in [-0.25, -0.2) is 0 Å². The molecule has 1 N–H and O–H groups in total. The van der Waals surface area contributed by atoms with E-state index in [0.717, 1.165) is 31.0 Å². The largest absolute Gasteiger partial charge is 0.495 e. The Hall–Kier alpha value is -1.87. The first kappa shape index (κ1) is 15.5. The summed E-state index contributed by atoms with van der Waals surface area (Å²) < 4.78 is 10.7. The van der Waals surface area contributed by atoms with Crippen LogP contribution in [0.4, 0.5) is 5.69 Å². The third-order valence-electron chi connectivity index (χ3n) is 3.04. The van der Waals surface area contributed by atoms with Crippen molar-refractivity contribution in [3.05, 3.63) is 53.1 Å². The molecule has 0 aliphatic rings. The Balaban J connectivity index is 1.92. The molecule has 2 rings (SSSR count). The summed E-state index contributed by atoms with van der Waals surface area (Å²) in [6.45, 7) is 3.58. The van der Waals surface area contributed by atoms with Gasteiger partial charge >= 0.3 is 0 Å². The lowest BCUT2D eigenvalue weighted by atomic mass is 10.2. The van der Waals surface area contributed by atoms with Crippen LogP contribution in [0.5, 0.6) is 11.5 Å². The lowest BCUT2D eigenvalue weighted by Crippen LogP contribution is -2.00. The summed E-state index contributed by atoms with van der Waals surface area (Å²) in [5.41, 5.74) is 2.15. The number of benzene rings is 2. The fraction of sp³-hybridized carbons (Fsp3) is 0.294. The number of rotatable bonds is 7. The molecule has 0 aromatic heterocycles. The van der Waals surface area contributed by atoms with Crippen LogP contribution in [0.2, 0.25) is 5.02 Å². The summed E-state index contributed by atoms with van der Waals surface area (Å²) in [5, 5.41) is 3.94. The highest BCUT2D eigenvalue weighted by Crippen LogP contribution is 2.27. The van der Waals surface area contributed by atoms with Crippen LogP contribution in [0, 0.1) is 0 Å². The van der Waals surface area contributed by atoms with Gasteiger partial charge in [0.15, 0.2) is 0 Å². The first-order chi connectivity index (χ1) is 10.2. The molecule has 0 aliphatic heterocycles. The minimum absolute atomic E-state index is 0.603. The summed E-state index contributed by atoms with van der Waals surface area (Å²) in [7, 11) is 1.61. The molecule has 0 bridgehead atoms. The van der Waals surface area contributed by atoms with E-state index in [4.69, 9.17) is 21.1 Å². The molecule has 0 amide bonds. The number of hydrogen-bond acceptors (Lipinski definition) is 3. The van der Waals surface area contributed by atoms with Gasteiger partial charge in [0.1, 0.15) is 11.5 Å². The Morgan fingerprint density at radius 1 is 1.10 bits per heavy atom. The maximum atomic E-state index is 6.10. The fourth-order valence-corrected chi connectivity index (χ4v) is 2.16. The number of methoxy groups -OCH3 is 1. The molecule has 0 radical (unpaired) electrons. The van der Waals surface area contributed by atoms with Crippen molar-refractivity contribution in [2.24, 2.45) is 0 Å². The van der Waals surface area contributed by atoms with E-state index in [1.165, 1.54) is 5.56 Å². The SMILES string of the molecule is CCCOc1ccc(CNc2ccc(OC)c(Cl)c2)cc1. The molecule has 3 nitrogen and oxygen atoms in total. The molecule has 0 fully saturated rings. The third kappa shape index (κ3) is 4.57. The third-order valence-corrected chi connectivity index (χ3v) is 3.34. The lowest BCUT2D eigenvalue weighted by molar-refractivity contribution is 0.317. The monoisotopic (exact) mass is 305 g/mol. The molecule has 0 saturated heterocycles. The van der Waals surface area contributed by atoms with Crippen molar-refractivity contribution in [1.29, 1.82) is 0 Å². The maximum absolute atomic E-state index is 6.10. The van der Waals surface area contributed by atoms with Crippen LogP contribution < -0.4 is 14.8 Å². The van der Waals surface area contributed by atoms with E-state index in [1.54, 1.807) is 7.11 Å². The topological polar surface area (TPSA) is 30.5 Å². The summed E-state index contributed by atoms with van der Waals surface area (Å²) in [5.74, 6) is 1.59. The second kappa shape index (κ2) is 7.79. The summed E-state index contributed by atoms with van der Waals surface area (Å²) in [6, 6.07) is 13.8. The molecule has 0 heterocycles. The Bertz CT molecular complexity index is 570. The van der Waals surface area contributed by atoms with Crippen LogP contribution in [-0.4, -0.2) is 13.7 Å². The van der Waals surface area contributed by atoms with E-state index in [2.05, 4.69) is 24.4 Å². The van der Waals surface area contributed by atoms with E-state index >= 15 is 0 Å². The molecule has 2 aromatic rings. The van der Waals surface area contributed by atoms with Gasteiger partial charge in [0.25, 0.3) is 0 Å². The zero-order chi connectivity index (χ0) is 15.1. The summed E-state index contributed by atoms with van der Waals surface area (Å²) in [6.07, 6.45) is 1.02. The molecule has 2 aromatic carbocycles. The Labute approximate surface area is 130 Å². The maximum Gasteiger partial charge on any atom is 0.137 e. The standard InChI is InChI=1S/C17H20ClNO2/c1-3-10-21-15-7-4-13(5-8-15)12-19-14-6-9-17(20-2)16(18)11-14/h4-9,11,19H,3,10,12H2,1-2H3. The summed E-state index contributed by atoms with van der Waals surface area (Å²) in [4.78, 5) is 0. The quantitative estimate of drug-likeness (QED) is 0.800. The van der Waals surface area contributed by atoms with Gasteiger partial charge in [-0.05, 0) is 42.3 Å². The predicted octanol–water partition coefficient (Wildman–Crippen LogP) is 4.75. The molecular formula is C17H20ClNO2. The van der Waals surface area contributed by atoms with Gasteiger partial charge in [0.2, 0.25) is 0 Å². The van der Waals surface area contributed by atoms with Crippen molar-refractivity contribution >= 4 is 17.3 Å². The molecule has 0 atom stereocenters. The van der Waals surface area contributed by atoms with Crippen LogP contribution in [0.25, 0.3) is 0 Å². The van der Waals surface area contributed by atoms with Gasteiger partial charge in [0, 0.05) is 12.2 Å².